The molecule has 0 aliphatic carbocycles. The maximum atomic E-state index is 14.5. The Kier molecular flexibility index (Phi) is 8.28. The van der Waals surface area contributed by atoms with Crippen LogP contribution in [0.4, 0.5) is 26.2 Å². The van der Waals surface area contributed by atoms with Crippen LogP contribution in [0.3, 0.4) is 0 Å². The number of rotatable bonds is 10. The number of aromatic nitrogens is 3. The molecule has 2 aromatic heterocycles. The highest BCUT2D eigenvalue weighted by Crippen LogP contribution is 2.32. The van der Waals surface area contributed by atoms with Crippen LogP contribution in [-0.2, 0) is 6.61 Å². The highest BCUT2D eigenvalue weighted by atomic mass is 19.1. The highest BCUT2D eigenvalue weighted by molar-refractivity contribution is 5.55. The van der Waals surface area contributed by atoms with Crippen LogP contribution in [0.1, 0.15) is 5.56 Å². The Morgan fingerprint density at radius 1 is 0.944 bits per heavy atom. The quantitative estimate of drug-likeness (QED) is 0.430. The summed E-state index contributed by atoms with van der Waals surface area (Å²) in [6.45, 7) is 3.92. The number of hydrogen-bond acceptors (Lipinski definition) is 10. The van der Waals surface area contributed by atoms with Crippen LogP contribution in [0, 0.1) is 11.6 Å². The molecule has 0 spiro atoms. The topological polar surface area (TPSA) is 105 Å². The summed E-state index contributed by atoms with van der Waals surface area (Å²) in [5.41, 5.74) is 0.383. The van der Waals surface area contributed by atoms with Gasteiger partial charge in [-0.2, -0.15) is 0 Å². The van der Waals surface area contributed by atoms with Crippen molar-refractivity contribution in [1.82, 2.24) is 19.9 Å². The molecule has 0 bridgehead atoms. The third kappa shape index (κ3) is 5.89. The van der Waals surface area contributed by atoms with Crippen molar-refractivity contribution >= 4 is 17.5 Å². The fraction of sp³-hybridized carbons (Fsp3) is 0.375. The Morgan fingerprint density at radius 2 is 1.61 bits per heavy atom. The monoisotopic (exact) mass is 502 g/mol. The molecule has 12 heteroatoms. The minimum atomic E-state index is -0.863. The van der Waals surface area contributed by atoms with Gasteiger partial charge in [0, 0.05) is 38.8 Å². The largest absolute Gasteiger partial charge is 0.494 e. The second kappa shape index (κ2) is 11.8. The average Bonchev–Trinajstić information content (AvgIpc) is 2.91. The molecule has 3 heterocycles. The first kappa shape index (κ1) is 25.3. The molecule has 1 aliphatic heterocycles. The van der Waals surface area contributed by atoms with Crippen LogP contribution in [0.5, 0.6) is 17.2 Å². The number of aliphatic hydroxyl groups excluding tert-OH is 1. The molecule has 4 rings (SSSR count). The molecule has 0 atom stereocenters. The van der Waals surface area contributed by atoms with Crippen LogP contribution in [0.2, 0.25) is 0 Å². The Hall–Kier alpha value is -3.77. The predicted molar refractivity (Wildman–Crippen MR) is 129 cm³/mol. The zero-order chi connectivity index (χ0) is 25.5. The standard InChI is InChI=1S/C24H28F2N6O4/c1-34-19-11-20(35-2)23(26)18(22(19)25)15-36-17-13-28-24(29-14-17)30-16-3-4-21(27-12-16)32-7-5-31(6-8-32)9-10-33/h3-4,11-14,33H,5-10,15H2,1-2H3,(H,28,29,30). The molecule has 1 saturated heterocycles. The van der Waals surface area contributed by atoms with Crippen molar-refractivity contribution in [2.75, 3.05) is 63.8 Å². The lowest BCUT2D eigenvalue weighted by Crippen LogP contribution is -2.47. The van der Waals surface area contributed by atoms with Crippen molar-refractivity contribution < 1.29 is 28.1 Å². The van der Waals surface area contributed by atoms with E-state index in [0.717, 1.165) is 38.1 Å². The first-order valence-electron chi connectivity index (χ1n) is 11.4. The predicted octanol–water partition coefficient (Wildman–Crippen LogP) is 2.60. The molecule has 1 aliphatic rings. The van der Waals surface area contributed by atoms with Crippen molar-refractivity contribution in [3.8, 4) is 17.2 Å². The summed E-state index contributed by atoms with van der Waals surface area (Å²) in [4.78, 5) is 17.3. The van der Waals surface area contributed by atoms with E-state index in [2.05, 4.69) is 30.1 Å². The number of aliphatic hydroxyl groups is 1. The number of hydrogen-bond donors (Lipinski definition) is 2. The zero-order valence-electron chi connectivity index (χ0n) is 20.1. The van der Waals surface area contributed by atoms with Crippen LogP contribution < -0.4 is 24.4 Å². The van der Waals surface area contributed by atoms with E-state index in [9.17, 15) is 8.78 Å². The number of nitrogens with one attached hydrogen (secondary N) is 1. The molecule has 3 aromatic rings. The number of anilines is 3. The SMILES string of the molecule is COc1cc(OC)c(F)c(COc2cnc(Nc3ccc(N4CCN(CCO)CC4)nc3)nc2)c1F. The summed E-state index contributed by atoms with van der Waals surface area (Å²) in [5, 5.41) is 12.1. The lowest BCUT2D eigenvalue weighted by molar-refractivity contribution is 0.188. The molecule has 192 valence electrons. The zero-order valence-corrected chi connectivity index (χ0v) is 20.1. The Morgan fingerprint density at radius 3 is 2.17 bits per heavy atom. The lowest BCUT2D eigenvalue weighted by Gasteiger charge is -2.35. The summed E-state index contributed by atoms with van der Waals surface area (Å²) in [7, 11) is 2.56. The van der Waals surface area contributed by atoms with Gasteiger partial charge in [-0.3, -0.25) is 4.90 Å². The molecule has 36 heavy (non-hydrogen) atoms. The van der Waals surface area contributed by atoms with Gasteiger partial charge >= 0.3 is 0 Å². The summed E-state index contributed by atoms with van der Waals surface area (Å²) < 4.78 is 44.3. The number of piperazine rings is 1. The van der Waals surface area contributed by atoms with E-state index < -0.39 is 18.2 Å². The van der Waals surface area contributed by atoms with Crippen molar-refractivity contribution in [1.29, 1.82) is 0 Å². The second-order valence-electron chi connectivity index (χ2n) is 8.00. The van der Waals surface area contributed by atoms with Crippen molar-refractivity contribution in [3.05, 3.63) is 54.0 Å². The number of halogens is 2. The number of pyridine rings is 1. The van der Waals surface area contributed by atoms with Crippen LogP contribution in [0.15, 0.2) is 36.8 Å². The fourth-order valence-electron chi connectivity index (χ4n) is 3.79. The molecule has 0 radical (unpaired) electrons. The summed E-state index contributed by atoms with van der Waals surface area (Å²) in [6.07, 6.45) is 4.50. The number of nitrogens with zero attached hydrogens (tertiary/aromatic N) is 5. The Balaban J connectivity index is 1.33. The van der Waals surface area contributed by atoms with E-state index in [4.69, 9.17) is 19.3 Å². The minimum Gasteiger partial charge on any atom is -0.494 e. The van der Waals surface area contributed by atoms with Gasteiger partial charge in [0.1, 0.15) is 12.4 Å². The van der Waals surface area contributed by atoms with Crippen molar-refractivity contribution in [2.45, 2.75) is 6.61 Å². The summed E-state index contributed by atoms with van der Waals surface area (Å²) in [5.74, 6) is -0.596. The molecule has 0 unspecified atom stereocenters. The van der Waals surface area contributed by atoms with E-state index in [1.54, 1.807) is 6.20 Å². The normalized spacial score (nSPS) is 14.0. The van der Waals surface area contributed by atoms with Gasteiger partial charge in [-0.05, 0) is 12.1 Å². The van der Waals surface area contributed by atoms with Crippen LogP contribution in [-0.4, -0.2) is 78.5 Å². The second-order valence-corrected chi connectivity index (χ2v) is 8.00. The average molecular weight is 503 g/mol. The first-order chi connectivity index (χ1) is 17.5. The number of ether oxygens (including phenoxy) is 3. The van der Waals surface area contributed by atoms with Gasteiger partial charge in [-0.15, -0.1) is 0 Å². The third-order valence-electron chi connectivity index (χ3n) is 5.79. The lowest BCUT2D eigenvalue weighted by atomic mass is 10.1. The summed E-state index contributed by atoms with van der Waals surface area (Å²) in [6, 6.07) is 4.95. The van der Waals surface area contributed by atoms with E-state index in [1.165, 1.54) is 26.6 Å². The molecule has 1 fully saturated rings. The van der Waals surface area contributed by atoms with Gasteiger partial charge < -0.3 is 29.5 Å². The molecule has 1 aromatic carbocycles. The number of β-amino-alcohol motifs (C(OH)–C–C–N with tert-alkyl or cyclic N) is 1. The van der Waals surface area contributed by atoms with E-state index in [1.807, 2.05) is 12.1 Å². The third-order valence-corrected chi connectivity index (χ3v) is 5.79. The maximum Gasteiger partial charge on any atom is 0.227 e. The number of benzene rings is 1. The van der Waals surface area contributed by atoms with Gasteiger partial charge in [-0.1, -0.05) is 0 Å². The van der Waals surface area contributed by atoms with Gasteiger partial charge in [0.2, 0.25) is 5.95 Å². The molecule has 2 N–H and O–H groups in total. The van der Waals surface area contributed by atoms with Crippen molar-refractivity contribution in [2.24, 2.45) is 0 Å². The van der Waals surface area contributed by atoms with Gasteiger partial charge in [-0.25, -0.2) is 23.7 Å². The van der Waals surface area contributed by atoms with Gasteiger partial charge in [0.15, 0.2) is 28.9 Å². The van der Waals surface area contributed by atoms with Gasteiger partial charge in [0.25, 0.3) is 0 Å². The van der Waals surface area contributed by atoms with E-state index >= 15 is 0 Å². The van der Waals surface area contributed by atoms with E-state index in [-0.39, 0.29) is 29.4 Å². The first-order valence-corrected chi connectivity index (χ1v) is 11.4. The maximum absolute atomic E-state index is 14.5. The molecular weight excluding hydrogens is 474 g/mol. The minimum absolute atomic E-state index is 0.147. The van der Waals surface area contributed by atoms with Crippen molar-refractivity contribution in [3.63, 3.8) is 0 Å². The fourth-order valence-corrected chi connectivity index (χ4v) is 3.79. The Bertz CT molecular complexity index is 1110. The highest BCUT2D eigenvalue weighted by Gasteiger charge is 2.21. The van der Waals surface area contributed by atoms with Crippen LogP contribution >= 0.6 is 0 Å². The van der Waals surface area contributed by atoms with Gasteiger partial charge in [0.05, 0.1) is 50.7 Å². The molecule has 0 amide bonds. The smallest absolute Gasteiger partial charge is 0.227 e. The van der Waals surface area contributed by atoms with Crippen LogP contribution in [0.25, 0.3) is 0 Å². The molecule has 10 nitrogen and oxygen atoms in total. The Labute approximate surface area is 207 Å². The molecule has 0 saturated carbocycles. The van der Waals surface area contributed by atoms with E-state index in [0.29, 0.717) is 18.2 Å². The molecular formula is C24H28F2N6O4. The number of methoxy groups -OCH3 is 2. The summed E-state index contributed by atoms with van der Waals surface area (Å²) >= 11 is 0.